The molecule has 0 aliphatic carbocycles. The van der Waals surface area contributed by atoms with Crippen LogP contribution in [0.1, 0.15) is 258 Å². The highest BCUT2D eigenvalue weighted by Gasteiger charge is 2.11. The van der Waals surface area contributed by atoms with Crippen LogP contribution in [0.4, 0.5) is 0 Å². The second-order valence-corrected chi connectivity index (χ2v) is 16.8. The zero-order chi connectivity index (χ0) is 39.3. The van der Waals surface area contributed by atoms with Gasteiger partial charge in [-0.3, -0.25) is 9.59 Å². The van der Waals surface area contributed by atoms with E-state index in [1.165, 1.54) is 193 Å². The number of hydrogen-bond acceptors (Lipinski definition) is 4. The number of aliphatic hydroxyl groups is 1. The Kier molecular flexibility index (Phi) is 45.3. The van der Waals surface area contributed by atoms with Crippen molar-refractivity contribution in [2.45, 2.75) is 258 Å². The van der Waals surface area contributed by atoms with E-state index in [9.17, 15) is 9.59 Å². The summed E-state index contributed by atoms with van der Waals surface area (Å²) in [5.41, 5.74) is 0. The largest absolute Gasteiger partial charge is 0.396 e. The molecule has 3 N–H and O–H groups in total. The minimum absolute atomic E-state index is 0.134. The zero-order valence-corrected chi connectivity index (χ0v) is 36.8. The third-order valence-corrected chi connectivity index (χ3v) is 11.4. The lowest BCUT2D eigenvalue weighted by Gasteiger charge is -2.22. The van der Waals surface area contributed by atoms with Crippen LogP contribution in [0, 0.1) is 0 Å². The SMILES string of the molecule is CCCCCCCCCCCCCCCCCCNC(=O)CCN(CCCCCCO)CCC(=O)NCCCCCCCCCCCCCCCCCC. The number of hydrogen-bond donors (Lipinski definition) is 3. The lowest BCUT2D eigenvalue weighted by Crippen LogP contribution is -2.35. The van der Waals surface area contributed by atoms with Crippen LogP contribution in [0.25, 0.3) is 0 Å². The highest BCUT2D eigenvalue weighted by Crippen LogP contribution is 2.15. The van der Waals surface area contributed by atoms with Gasteiger partial charge in [-0.1, -0.05) is 219 Å². The molecule has 0 aliphatic heterocycles. The van der Waals surface area contributed by atoms with Crippen LogP contribution in [0.15, 0.2) is 0 Å². The van der Waals surface area contributed by atoms with E-state index in [-0.39, 0.29) is 18.4 Å². The molecule has 0 aromatic rings. The third kappa shape index (κ3) is 43.6. The average Bonchev–Trinajstić information content (AvgIpc) is 3.17. The Morgan fingerprint density at radius 2 is 0.611 bits per heavy atom. The van der Waals surface area contributed by atoms with Crippen molar-refractivity contribution in [2.75, 3.05) is 39.3 Å². The lowest BCUT2D eigenvalue weighted by atomic mass is 10.0. The number of unbranched alkanes of at least 4 members (excludes halogenated alkanes) is 33. The van der Waals surface area contributed by atoms with Crippen molar-refractivity contribution in [3.63, 3.8) is 0 Å². The fourth-order valence-corrected chi connectivity index (χ4v) is 7.63. The molecule has 6 heteroatoms. The highest BCUT2D eigenvalue weighted by atomic mass is 16.3. The Labute approximate surface area is 338 Å². The van der Waals surface area contributed by atoms with Gasteiger partial charge in [0, 0.05) is 45.6 Å². The number of amides is 2. The molecule has 54 heavy (non-hydrogen) atoms. The van der Waals surface area contributed by atoms with Crippen LogP contribution in [0.2, 0.25) is 0 Å². The molecule has 0 fully saturated rings. The van der Waals surface area contributed by atoms with E-state index >= 15 is 0 Å². The molecule has 0 spiro atoms. The van der Waals surface area contributed by atoms with Crippen LogP contribution in [0.3, 0.4) is 0 Å². The summed E-state index contributed by atoms with van der Waals surface area (Å²) in [5.74, 6) is 0.267. The second-order valence-electron chi connectivity index (χ2n) is 16.8. The molecule has 2 amide bonds. The number of aliphatic hydroxyl groups excluding tert-OH is 1. The van der Waals surface area contributed by atoms with Gasteiger partial charge in [-0.2, -0.15) is 0 Å². The van der Waals surface area contributed by atoms with E-state index in [1.54, 1.807) is 0 Å². The minimum Gasteiger partial charge on any atom is -0.396 e. The summed E-state index contributed by atoms with van der Waals surface area (Å²) in [6.45, 7) is 8.70. The maximum Gasteiger partial charge on any atom is 0.221 e. The zero-order valence-electron chi connectivity index (χ0n) is 36.8. The molecule has 0 unspecified atom stereocenters. The van der Waals surface area contributed by atoms with Crippen molar-refractivity contribution >= 4 is 11.8 Å². The molecular weight excluding hydrogens is 667 g/mol. The Morgan fingerprint density at radius 3 is 0.907 bits per heavy atom. The standard InChI is InChI=1S/C48H97N3O3/c1-3-5-7-9-11-13-15-17-19-21-23-25-27-29-31-35-41-49-47(53)39-44-51(43-37-33-34-38-46-52)45-40-48(54)50-42-36-32-30-28-26-24-22-20-18-16-14-12-10-8-6-4-2/h52H,3-46H2,1-2H3,(H,49,53)(H,50,54). The van der Waals surface area contributed by atoms with Crippen molar-refractivity contribution < 1.29 is 14.7 Å². The van der Waals surface area contributed by atoms with E-state index in [2.05, 4.69) is 29.4 Å². The summed E-state index contributed by atoms with van der Waals surface area (Å²) in [6, 6.07) is 0. The summed E-state index contributed by atoms with van der Waals surface area (Å²) < 4.78 is 0. The molecule has 0 aromatic carbocycles. The maximum absolute atomic E-state index is 12.6. The number of carbonyl (C=O) groups is 2. The predicted octanol–water partition coefficient (Wildman–Crippen LogP) is 13.4. The van der Waals surface area contributed by atoms with Crippen molar-refractivity contribution in [2.24, 2.45) is 0 Å². The Morgan fingerprint density at radius 1 is 0.352 bits per heavy atom. The topological polar surface area (TPSA) is 81.7 Å². The molecule has 6 nitrogen and oxygen atoms in total. The van der Waals surface area contributed by atoms with Crippen molar-refractivity contribution in [1.29, 1.82) is 0 Å². The number of nitrogens with zero attached hydrogens (tertiary/aromatic N) is 1. The minimum atomic E-state index is 0.134. The van der Waals surface area contributed by atoms with Crippen molar-refractivity contribution in [3.05, 3.63) is 0 Å². The third-order valence-electron chi connectivity index (χ3n) is 11.4. The van der Waals surface area contributed by atoms with E-state index < -0.39 is 0 Å². The summed E-state index contributed by atoms with van der Waals surface area (Å²) in [7, 11) is 0. The van der Waals surface area contributed by atoms with Gasteiger partial charge in [0.2, 0.25) is 11.8 Å². The average molecular weight is 764 g/mol. The van der Waals surface area contributed by atoms with Gasteiger partial charge in [0.05, 0.1) is 0 Å². The predicted molar refractivity (Wildman–Crippen MR) is 236 cm³/mol. The normalized spacial score (nSPS) is 11.5. The molecule has 0 heterocycles. The highest BCUT2D eigenvalue weighted by molar-refractivity contribution is 5.76. The van der Waals surface area contributed by atoms with Gasteiger partial charge in [-0.15, -0.1) is 0 Å². The molecule has 0 atom stereocenters. The Bertz CT molecular complexity index is 695. The van der Waals surface area contributed by atoms with Crippen LogP contribution in [-0.4, -0.2) is 61.2 Å². The van der Waals surface area contributed by atoms with Crippen LogP contribution < -0.4 is 10.6 Å². The van der Waals surface area contributed by atoms with Gasteiger partial charge in [-0.05, 0) is 32.2 Å². The van der Waals surface area contributed by atoms with E-state index in [0.717, 1.165) is 58.2 Å². The lowest BCUT2D eigenvalue weighted by molar-refractivity contribution is -0.121. The second kappa shape index (κ2) is 46.2. The molecular formula is C48H97N3O3. The number of carbonyl (C=O) groups excluding carboxylic acids is 2. The molecule has 0 saturated heterocycles. The monoisotopic (exact) mass is 764 g/mol. The van der Waals surface area contributed by atoms with Crippen molar-refractivity contribution in [3.8, 4) is 0 Å². The van der Waals surface area contributed by atoms with E-state index in [4.69, 9.17) is 5.11 Å². The van der Waals surface area contributed by atoms with Gasteiger partial charge in [-0.25, -0.2) is 0 Å². The molecule has 0 radical (unpaired) electrons. The van der Waals surface area contributed by atoms with Crippen LogP contribution >= 0.6 is 0 Å². The Balaban J connectivity index is 3.84. The summed E-state index contributed by atoms with van der Waals surface area (Å²) in [5, 5.41) is 15.4. The maximum atomic E-state index is 12.6. The first-order valence-electron chi connectivity index (χ1n) is 24.5. The number of nitrogens with one attached hydrogen (secondary N) is 2. The van der Waals surface area contributed by atoms with Gasteiger partial charge >= 0.3 is 0 Å². The first-order chi connectivity index (χ1) is 26.6. The fraction of sp³-hybridized carbons (Fsp3) is 0.958. The smallest absolute Gasteiger partial charge is 0.221 e. The van der Waals surface area contributed by atoms with Gasteiger partial charge < -0.3 is 20.6 Å². The summed E-state index contributed by atoms with van der Waals surface area (Å²) in [4.78, 5) is 27.5. The van der Waals surface area contributed by atoms with Gasteiger partial charge in [0.1, 0.15) is 0 Å². The van der Waals surface area contributed by atoms with Crippen molar-refractivity contribution in [1.82, 2.24) is 15.5 Å². The number of rotatable bonds is 46. The van der Waals surface area contributed by atoms with E-state index in [1.807, 2.05) is 0 Å². The molecule has 0 rings (SSSR count). The van der Waals surface area contributed by atoms with Gasteiger partial charge in [0.15, 0.2) is 0 Å². The molecule has 0 aromatic heterocycles. The fourth-order valence-electron chi connectivity index (χ4n) is 7.63. The quantitative estimate of drug-likeness (QED) is 0.0539. The summed E-state index contributed by atoms with van der Waals surface area (Å²) in [6.07, 6.45) is 48.5. The Hall–Kier alpha value is -1.14. The van der Waals surface area contributed by atoms with E-state index in [0.29, 0.717) is 25.9 Å². The molecule has 0 saturated carbocycles. The first-order valence-corrected chi connectivity index (χ1v) is 24.5. The molecule has 0 bridgehead atoms. The van der Waals surface area contributed by atoms with Gasteiger partial charge in [0.25, 0.3) is 0 Å². The van der Waals surface area contributed by atoms with Crippen LogP contribution in [-0.2, 0) is 9.59 Å². The molecule has 0 aliphatic rings. The van der Waals surface area contributed by atoms with Crippen LogP contribution in [0.5, 0.6) is 0 Å². The molecule has 322 valence electrons. The summed E-state index contributed by atoms with van der Waals surface area (Å²) >= 11 is 0. The first kappa shape index (κ1) is 52.9.